The Hall–Kier alpha value is -2.52. The molecule has 0 spiro atoms. The summed E-state index contributed by atoms with van der Waals surface area (Å²) in [5, 5.41) is 15.2. The average Bonchev–Trinajstić information content (AvgIpc) is 3.23. The molecule has 2 heterocycles. The van der Waals surface area contributed by atoms with Gasteiger partial charge in [0.15, 0.2) is 0 Å². The van der Waals surface area contributed by atoms with Crippen LogP contribution in [0.1, 0.15) is 23.8 Å². The van der Waals surface area contributed by atoms with Crippen LogP contribution in [0.4, 0.5) is 11.4 Å². The Morgan fingerprint density at radius 1 is 1.33 bits per heavy atom. The van der Waals surface area contributed by atoms with Gasteiger partial charge in [0.05, 0.1) is 10.2 Å². The van der Waals surface area contributed by atoms with Gasteiger partial charge in [-0.1, -0.05) is 23.9 Å². The van der Waals surface area contributed by atoms with E-state index in [1.165, 1.54) is 40.7 Å². The molecular formula is C18H16N4O3S2. The summed E-state index contributed by atoms with van der Waals surface area (Å²) in [4.78, 5) is 34.3. The fourth-order valence-electron chi connectivity index (χ4n) is 3.18. The Bertz CT molecular complexity index is 1050. The monoisotopic (exact) mass is 400 g/mol. The molecule has 1 aliphatic carbocycles. The highest BCUT2D eigenvalue weighted by molar-refractivity contribution is 8.00. The van der Waals surface area contributed by atoms with Crippen LogP contribution in [0.3, 0.4) is 0 Å². The number of amides is 1. The van der Waals surface area contributed by atoms with E-state index in [9.17, 15) is 14.9 Å². The lowest BCUT2D eigenvalue weighted by Gasteiger charge is -2.12. The van der Waals surface area contributed by atoms with E-state index in [-0.39, 0.29) is 17.3 Å². The number of para-hydroxylation sites is 2. The number of nitro benzene ring substituents is 1. The second-order valence-corrected chi connectivity index (χ2v) is 8.65. The first-order valence-corrected chi connectivity index (χ1v) is 10.2. The fraction of sp³-hybridized carbons (Fsp3) is 0.278. The molecule has 4 rings (SSSR count). The van der Waals surface area contributed by atoms with E-state index < -0.39 is 10.2 Å². The van der Waals surface area contributed by atoms with E-state index in [2.05, 4.69) is 15.3 Å². The lowest BCUT2D eigenvalue weighted by molar-refractivity contribution is -0.383. The van der Waals surface area contributed by atoms with Gasteiger partial charge in [-0.3, -0.25) is 14.9 Å². The summed E-state index contributed by atoms with van der Waals surface area (Å²) in [7, 11) is 0. The summed E-state index contributed by atoms with van der Waals surface area (Å²) < 4.78 is 0. The summed E-state index contributed by atoms with van der Waals surface area (Å²) in [5.74, 6) is -0.298. The predicted octanol–water partition coefficient (Wildman–Crippen LogP) is 4.21. The molecule has 0 bridgehead atoms. The molecule has 0 saturated carbocycles. The second kappa shape index (κ2) is 7.24. The number of hydrogen-bond donors (Lipinski definition) is 1. The third-order valence-electron chi connectivity index (χ3n) is 4.48. The zero-order valence-electron chi connectivity index (χ0n) is 14.5. The van der Waals surface area contributed by atoms with Crippen LogP contribution in [0, 0.1) is 10.1 Å². The van der Waals surface area contributed by atoms with Gasteiger partial charge in [-0.15, -0.1) is 11.3 Å². The third kappa shape index (κ3) is 3.40. The minimum atomic E-state index is -0.504. The minimum absolute atomic E-state index is 0.122. The number of aryl methyl sites for hydroxylation is 2. The van der Waals surface area contributed by atoms with E-state index in [0.717, 1.165) is 34.5 Å². The number of nitrogens with zero attached hydrogens (tertiary/aromatic N) is 3. The molecule has 9 heteroatoms. The second-order valence-electron chi connectivity index (χ2n) is 6.24. The molecule has 1 aromatic carbocycles. The molecule has 1 N–H and O–H groups in total. The maximum Gasteiger partial charge on any atom is 0.292 e. The van der Waals surface area contributed by atoms with Crippen molar-refractivity contribution in [2.45, 2.75) is 36.5 Å². The minimum Gasteiger partial charge on any atom is -0.319 e. The Morgan fingerprint density at radius 2 is 2.15 bits per heavy atom. The van der Waals surface area contributed by atoms with Gasteiger partial charge in [-0.05, 0) is 37.8 Å². The van der Waals surface area contributed by atoms with Crippen LogP contribution in [-0.2, 0) is 17.6 Å². The predicted molar refractivity (Wildman–Crippen MR) is 106 cm³/mol. The van der Waals surface area contributed by atoms with Crippen molar-refractivity contribution in [3.8, 4) is 0 Å². The van der Waals surface area contributed by atoms with Gasteiger partial charge in [0.1, 0.15) is 21.9 Å². The fourth-order valence-corrected chi connectivity index (χ4v) is 5.42. The van der Waals surface area contributed by atoms with Crippen LogP contribution in [0.2, 0.25) is 0 Å². The molecule has 138 valence electrons. The first kappa shape index (κ1) is 17.9. The van der Waals surface area contributed by atoms with Crippen LogP contribution in [-0.4, -0.2) is 26.0 Å². The average molecular weight is 400 g/mol. The molecule has 1 amide bonds. The highest BCUT2D eigenvalue weighted by Crippen LogP contribution is 2.41. The largest absolute Gasteiger partial charge is 0.319 e. The molecule has 2 aromatic heterocycles. The summed E-state index contributed by atoms with van der Waals surface area (Å²) in [6.45, 7) is 1.77. The van der Waals surface area contributed by atoms with E-state index in [4.69, 9.17) is 0 Å². The molecule has 0 aliphatic heterocycles. The lowest BCUT2D eigenvalue weighted by Crippen LogP contribution is -2.23. The number of hydrogen-bond acceptors (Lipinski definition) is 7. The molecule has 1 aliphatic rings. The zero-order chi connectivity index (χ0) is 19.0. The number of anilines is 1. The number of aromatic nitrogens is 2. The number of nitro groups is 1. The molecule has 0 saturated heterocycles. The van der Waals surface area contributed by atoms with Crippen molar-refractivity contribution in [2.24, 2.45) is 0 Å². The molecular weight excluding hydrogens is 384 g/mol. The Balaban J connectivity index is 1.56. The number of thiophene rings is 1. The zero-order valence-corrected chi connectivity index (χ0v) is 16.1. The van der Waals surface area contributed by atoms with Crippen LogP contribution >= 0.6 is 23.1 Å². The summed E-state index contributed by atoms with van der Waals surface area (Å²) in [5.41, 5.74) is 1.39. The molecule has 3 aromatic rings. The van der Waals surface area contributed by atoms with E-state index in [0.29, 0.717) is 0 Å². The summed E-state index contributed by atoms with van der Waals surface area (Å²) >= 11 is 3.06. The highest BCUT2D eigenvalue weighted by Gasteiger charge is 2.25. The van der Waals surface area contributed by atoms with Gasteiger partial charge in [-0.2, -0.15) is 0 Å². The first-order valence-electron chi connectivity index (χ1n) is 8.51. The standard InChI is InChI=1S/C18H16N4O3S2/c1-10(16(23)21-12-6-2-3-7-13(12)22(24)25)26-17-15-11-5-4-8-14(11)27-18(15)20-9-19-17/h2-3,6-7,9-10H,4-5,8H2,1H3,(H,21,23)/t10-/m1/s1. The Morgan fingerprint density at radius 3 is 2.96 bits per heavy atom. The quantitative estimate of drug-likeness (QED) is 0.298. The van der Waals surface area contributed by atoms with Crippen molar-refractivity contribution < 1.29 is 9.72 Å². The Kier molecular flexibility index (Phi) is 4.79. The maximum absolute atomic E-state index is 12.6. The molecule has 0 fully saturated rings. The smallest absolute Gasteiger partial charge is 0.292 e. The van der Waals surface area contributed by atoms with Gasteiger partial charge < -0.3 is 5.32 Å². The van der Waals surface area contributed by atoms with Crippen molar-refractivity contribution in [1.29, 1.82) is 0 Å². The van der Waals surface area contributed by atoms with Crippen molar-refractivity contribution in [1.82, 2.24) is 9.97 Å². The van der Waals surface area contributed by atoms with Crippen LogP contribution < -0.4 is 5.32 Å². The van der Waals surface area contributed by atoms with Crippen LogP contribution in [0.15, 0.2) is 35.6 Å². The van der Waals surface area contributed by atoms with Crippen molar-refractivity contribution in [2.75, 3.05) is 5.32 Å². The highest BCUT2D eigenvalue weighted by atomic mass is 32.2. The van der Waals surface area contributed by atoms with Crippen LogP contribution in [0.5, 0.6) is 0 Å². The van der Waals surface area contributed by atoms with Gasteiger partial charge in [0, 0.05) is 16.3 Å². The van der Waals surface area contributed by atoms with E-state index >= 15 is 0 Å². The number of thioether (sulfide) groups is 1. The number of benzene rings is 1. The molecule has 0 radical (unpaired) electrons. The number of carbonyl (C=O) groups excluding carboxylic acids is 1. The lowest BCUT2D eigenvalue weighted by atomic mass is 10.2. The van der Waals surface area contributed by atoms with E-state index in [1.807, 2.05) is 0 Å². The first-order chi connectivity index (χ1) is 13.0. The number of carbonyl (C=O) groups is 1. The van der Waals surface area contributed by atoms with Gasteiger partial charge in [-0.25, -0.2) is 9.97 Å². The van der Waals surface area contributed by atoms with Gasteiger partial charge >= 0.3 is 0 Å². The number of rotatable bonds is 5. The Labute approximate surface area is 163 Å². The maximum atomic E-state index is 12.6. The normalized spacial score (nSPS) is 14.1. The van der Waals surface area contributed by atoms with Crippen LogP contribution in [0.25, 0.3) is 10.2 Å². The molecule has 1 atom stereocenters. The topological polar surface area (TPSA) is 98.0 Å². The SMILES string of the molecule is C[C@@H](Sc1ncnc2sc3c(c12)CCC3)C(=O)Nc1ccccc1[N+](=O)[O-]. The number of fused-ring (bicyclic) bond motifs is 3. The molecule has 27 heavy (non-hydrogen) atoms. The van der Waals surface area contributed by atoms with Gasteiger partial charge in [0.2, 0.25) is 5.91 Å². The number of nitrogens with one attached hydrogen (secondary N) is 1. The van der Waals surface area contributed by atoms with Gasteiger partial charge in [0.25, 0.3) is 5.69 Å². The van der Waals surface area contributed by atoms with Crippen molar-refractivity contribution >= 4 is 50.6 Å². The summed E-state index contributed by atoms with van der Waals surface area (Å²) in [6, 6.07) is 6.13. The van der Waals surface area contributed by atoms with Crippen molar-refractivity contribution in [3.05, 3.63) is 51.1 Å². The summed E-state index contributed by atoms with van der Waals surface area (Å²) in [6.07, 6.45) is 4.77. The van der Waals surface area contributed by atoms with E-state index in [1.54, 1.807) is 30.4 Å². The van der Waals surface area contributed by atoms with Crippen molar-refractivity contribution in [3.63, 3.8) is 0 Å². The third-order valence-corrected chi connectivity index (χ3v) is 6.78. The molecule has 0 unspecified atom stereocenters. The molecule has 7 nitrogen and oxygen atoms in total.